The van der Waals surface area contributed by atoms with E-state index in [0.717, 1.165) is 32.0 Å². The van der Waals surface area contributed by atoms with Gasteiger partial charge in [0.05, 0.1) is 6.61 Å². The monoisotopic (exact) mass is 262 g/mol. The summed E-state index contributed by atoms with van der Waals surface area (Å²) in [6.07, 6.45) is 0. The molecule has 0 saturated carbocycles. The van der Waals surface area contributed by atoms with Crippen LogP contribution in [-0.4, -0.2) is 45.2 Å². The Morgan fingerprint density at radius 1 is 1.32 bits per heavy atom. The van der Waals surface area contributed by atoms with Crippen molar-refractivity contribution in [3.05, 3.63) is 29.8 Å². The van der Waals surface area contributed by atoms with Crippen LogP contribution in [0.5, 0.6) is 5.75 Å². The van der Waals surface area contributed by atoms with Crippen molar-refractivity contribution in [1.29, 1.82) is 0 Å². The van der Waals surface area contributed by atoms with Crippen LogP contribution >= 0.6 is 0 Å². The topological polar surface area (TPSA) is 24.5 Å². The van der Waals surface area contributed by atoms with Crippen LogP contribution in [0.3, 0.4) is 0 Å². The molecule has 1 atom stereocenters. The zero-order chi connectivity index (χ0) is 13.9. The van der Waals surface area contributed by atoms with Gasteiger partial charge in [0.2, 0.25) is 0 Å². The molecule has 2 rings (SSSR count). The van der Waals surface area contributed by atoms with Gasteiger partial charge < -0.3 is 15.0 Å². The fourth-order valence-corrected chi connectivity index (χ4v) is 2.90. The Hall–Kier alpha value is -1.06. The highest BCUT2D eigenvalue weighted by Crippen LogP contribution is 2.32. The van der Waals surface area contributed by atoms with Gasteiger partial charge >= 0.3 is 0 Å². The van der Waals surface area contributed by atoms with Crippen LogP contribution in [0.2, 0.25) is 0 Å². The predicted molar refractivity (Wildman–Crippen MR) is 79.9 cm³/mol. The normalized spacial score (nSPS) is 18.5. The lowest BCUT2D eigenvalue weighted by Crippen LogP contribution is -2.39. The lowest BCUT2D eigenvalue weighted by molar-refractivity contribution is 0.229. The smallest absolute Gasteiger partial charge is 0.122 e. The van der Waals surface area contributed by atoms with E-state index in [-0.39, 0.29) is 0 Å². The zero-order valence-electron chi connectivity index (χ0n) is 12.6. The number of ether oxygens (including phenoxy) is 1. The SMILES string of the molecule is CN(C)CC(C)(C)CNCC1COc2ccccc21. The van der Waals surface area contributed by atoms with Crippen molar-refractivity contribution in [3.8, 4) is 5.75 Å². The summed E-state index contributed by atoms with van der Waals surface area (Å²) in [7, 11) is 4.26. The van der Waals surface area contributed by atoms with Gasteiger partial charge in [0.15, 0.2) is 0 Å². The molecule has 106 valence electrons. The largest absolute Gasteiger partial charge is 0.493 e. The van der Waals surface area contributed by atoms with Gasteiger partial charge in [-0.2, -0.15) is 0 Å². The Bertz CT molecular complexity index is 415. The first-order valence-electron chi connectivity index (χ1n) is 7.05. The van der Waals surface area contributed by atoms with E-state index in [1.165, 1.54) is 5.56 Å². The standard InChI is InChI=1S/C16H26N2O/c1-16(2,12-18(3)4)11-17-9-13-10-19-15-8-6-5-7-14(13)15/h5-8,13,17H,9-12H2,1-4H3. The molecule has 0 amide bonds. The first kappa shape index (κ1) is 14.4. The van der Waals surface area contributed by atoms with E-state index < -0.39 is 0 Å². The summed E-state index contributed by atoms with van der Waals surface area (Å²) in [5, 5.41) is 3.61. The molecule has 1 aliphatic rings. The molecule has 0 spiro atoms. The molecule has 1 aliphatic heterocycles. The minimum Gasteiger partial charge on any atom is -0.493 e. The van der Waals surface area contributed by atoms with E-state index in [2.05, 4.69) is 56.4 Å². The van der Waals surface area contributed by atoms with Crippen molar-refractivity contribution in [2.75, 3.05) is 40.3 Å². The quantitative estimate of drug-likeness (QED) is 0.851. The average molecular weight is 262 g/mol. The Morgan fingerprint density at radius 2 is 2.05 bits per heavy atom. The number of hydrogen-bond acceptors (Lipinski definition) is 3. The van der Waals surface area contributed by atoms with Crippen molar-refractivity contribution in [2.24, 2.45) is 5.41 Å². The Labute approximate surface area is 116 Å². The third-order valence-corrected chi connectivity index (χ3v) is 3.54. The van der Waals surface area contributed by atoms with Crippen LogP contribution in [0.4, 0.5) is 0 Å². The van der Waals surface area contributed by atoms with E-state index in [1.807, 2.05) is 6.07 Å². The maximum absolute atomic E-state index is 5.71. The summed E-state index contributed by atoms with van der Waals surface area (Å²) in [4.78, 5) is 2.25. The molecule has 0 saturated heterocycles. The van der Waals surface area contributed by atoms with Crippen molar-refractivity contribution in [3.63, 3.8) is 0 Å². The number of hydrogen-bond donors (Lipinski definition) is 1. The maximum atomic E-state index is 5.71. The minimum absolute atomic E-state index is 0.294. The first-order chi connectivity index (χ1) is 8.98. The van der Waals surface area contributed by atoms with Crippen molar-refractivity contribution < 1.29 is 4.74 Å². The maximum Gasteiger partial charge on any atom is 0.122 e. The summed E-state index contributed by atoms with van der Waals surface area (Å²) >= 11 is 0. The first-order valence-corrected chi connectivity index (χ1v) is 7.05. The second-order valence-electron chi connectivity index (χ2n) is 6.58. The second kappa shape index (κ2) is 5.93. The van der Waals surface area contributed by atoms with E-state index in [0.29, 0.717) is 11.3 Å². The third-order valence-electron chi connectivity index (χ3n) is 3.54. The molecule has 0 aromatic heterocycles. The van der Waals surface area contributed by atoms with Crippen LogP contribution in [-0.2, 0) is 0 Å². The highest BCUT2D eigenvalue weighted by atomic mass is 16.5. The van der Waals surface area contributed by atoms with Crippen LogP contribution in [0.1, 0.15) is 25.3 Å². The fourth-order valence-electron chi connectivity index (χ4n) is 2.90. The molecule has 1 N–H and O–H groups in total. The minimum atomic E-state index is 0.294. The number of rotatable bonds is 6. The van der Waals surface area contributed by atoms with Crippen LogP contribution in [0.15, 0.2) is 24.3 Å². The molecular formula is C16H26N2O. The second-order valence-corrected chi connectivity index (χ2v) is 6.58. The molecular weight excluding hydrogens is 236 g/mol. The lowest BCUT2D eigenvalue weighted by Gasteiger charge is -2.29. The van der Waals surface area contributed by atoms with Gasteiger partial charge in [-0.15, -0.1) is 0 Å². The highest BCUT2D eigenvalue weighted by molar-refractivity contribution is 5.39. The number of nitrogens with zero attached hydrogens (tertiary/aromatic N) is 1. The van der Waals surface area contributed by atoms with Gasteiger partial charge in [-0.3, -0.25) is 0 Å². The number of nitrogens with one attached hydrogen (secondary N) is 1. The van der Waals surface area contributed by atoms with Gasteiger partial charge in [0.25, 0.3) is 0 Å². The molecule has 0 fully saturated rings. The lowest BCUT2D eigenvalue weighted by atomic mass is 9.92. The van der Waals surface area contributed by atoms with Crippen LogP contribution in [0.25, 0.3) is 0 Å². The van der Waals surface area contributed by atoms with Gasteiger partial charge in [0, 0.05) is 31.1 Å². The van der Waals surface area contributed by atoms with E-state index >= 15 is 0 Å². The molecule has 1 aromatic carbocycles. The molecule has 3 nitrogen and oxygen atoms in total. The number of para-hydroxylation sites is 1. The summed E-state index contributed by atoms with van der Waals surface area (Å²) in [5.74, 6) is 1.55. The summed E-state index contributed by atoms with van der Waals surface area (Å²) in [5.41, 5.74) is 1.64. The Balaban J connectivity index is 1.81. The molecule has 1 heterocycles. The number of fused-ring (bicyclic) bond motifs is 1. The van der Waals surface area contributed by atoms with Gasteiger partial charge in [-0.05, 0) is 25.6 Å². The highest BCUT2D eigenvalue weighted by Gasteiger charge is 2.24. The van der Waals surface area contributed by atoms with Crippen molar-refractivity contribution in [1.82, 2.24) is 10.2 Å². The Morgan fingerprint density at radius 3 is 2.79 bits per heavy atom. The van der Waals surface area contributed by atoms with Crippen molar-refractivity contribution in [2.45, 2.75) is 19.8 Å². The van der Waals surface area contributed by atoms with Gasteiger partial charge in [-0.1, -0.05) is 32.0 Å². The van der Waals surface area contributed by atoms with E-state index in [1.54, 1.807) is 0 Å². The fraction of sp³-hybridized carbons (Fsp3) is 0.625. The molecule has 0 radical (unpaired) electrons. The third kappa shape index (κ3) is 3.95. The van der Waals surface area contributed by atoms with Crippen LogP contribution < -0.4 is 10.1 Å². The number of benzene rings is 1. The zero-order valence-corrected chi connectivity index (χ0v) is 12.6. The predicted octanol–water partition coefficient (Wildman–Crippen LogP) is 2.34. The summed E-state index contributed by atoms with van der Waals surface area (Å²) < 4.78 is 5.71. The molecule has 3 heteroatoms. The molecule has 0 aliphatic carbocycles. The molecule has 1 aromatic rings. The van der Waals surface area contributed by atoms with E-state index in [9.17, 15) is 0 Å². The summed E-state index contributed by atoms with van der Waals surface area (Å²) in [6, 6.07) is 8.37. The average Bonchev–Trinajstić information content (AvgIpc) is 2.71. The molecule has 0 bridgehead atoms. The van der Waals surface area contributed by atoms with Gasteiger partial charge in [-0.25, -0.2) is 0 Å². The Kier molecular flexibility index (Phi) is 4.48. The van der Waals surface area contributed by atoms with Crippen molar-refractivity contribution >= 4 is 0 Å². The van der Waals surface area contributed by atoms with Gasteiger partial charge in [0.1, 0.15) is 5.75 Å². The van der Waals surface area contributed by atoms with Crippen LogP contribution in [0, 0.1) is 5.41 Å². The summed E-state index contributed by atoms with van der Waals surface area (Å²) in [6.45, 7) is 8.54. The van der Waals surface area contributed by atoms with E-state index in [4.69, 9.17) is 4.74 Å². The molecule has 19 heavy (non-hydrogen) atoms. The molecule has 1 unspecified atom stereocenters.